The SMILES string of the molecule is C=C1CC[C@@](C)([C@H](C)CC(=O)/C=C(\C)C(=O)OC)[C@@]12CC[C@@H]1C2=CC[C@H]2C(C)(C)C(=O)CC[C@]12C. The largest absolute Gasteiger partial charge is 0.466 e. The van der Waals surface area contributed by atoms with Crippen molar-refractivity contribution in [3.63, 3.8) is 0 Å². The zero-order chi connectivity index (χ0) is 26.0. The molecule has 0 heterocycles. The average molecular weight is 481 g/mol. The molecule has 4 nitrogen and oxygen atoms in total. The summed E-state index contributed by atoms with van der Waals surface area (Å²) in [6, 6.07) is 0. The van der Waals surface area contributed by atoms with Gasteiger partial charge in [0.25, 0.3) is 0 Å². The first-order valence-electron chi connectivity index (χ1n) is 13.5. The monoisotopic (exact) mass is 480 g/mol. The van der Waals surface area contributed by atoms with Gasteiger partial charge in [0.05, 0.1) is 7.11 Å². The topological polar surface area (TPSA) is 60.4 Å². The zero-order valence-electron chi connectivity index (χ0n) is 22.9. The highest BCUT2D eigenvalue weighted by Crippen LogP contribution is 2.74. The first-order chi connectivity index (χ1) is 16.3. The van der Waals surface area contributed by atoms with Crippen LogP contribution in [0.5, 0.6) is 0 Å². The number of fused-ring (bicyclic) bond motifs is 4. The van der Waals surface area contributed by atoms with Gasteiger partial charge in [-0.2, -0.15) is 0 Å². The van der Waals surface area contributed by atoms with Crippen LogP contribution >= 0.6 is 0 Å². The summed E-state index contributed by atoms with van der Waals surface area (Å²) in [4.78, 5) is 37.6. The van der Waals surface area contributed by atoms with Crippen LogP contribution in [0.1, 0.15) is 92.9 Å². The van der Waals surface area contributed by atoms with E-state index in [9.17, 15) is 14.4 Å². The second-order valence-electron chi connectivity index (χ2n) is 13.0. The van der Waals surface area contributed by atoms with Crippen molar-refractivity contribution in [3.8, 4) is 0 Å². The first kappa shape index (κ1) is 26.1. The molecule has 192 valence electrons. The third-order valence-corrected chi connectivity index (χ3v) is 11.3. The number of ketones is 2. The fraction of sp³-hybridized carbons (Fsp3) is 0.710. The molecule has 0 N–H and O–H groups in total. The van der Waals surface area contributed by atoms with Crippen LogP contribution in [0.4, 0.5) is 0 Å². The number of allylic oxidation sites excluding steroid dienone is 4. The summed E-state index contributed by atoms with van der Waals surface area (Å²) in [6.45, 7) is 17.6. The Morgan fingerprint density at radius 1 is 1.17 bits per heavy atom. The molecule has 4 aliphatic rings. The molecular formula is C31H44O4. The van der Waals surface area contributed by atoms with Crippen LogP contribution in [-0.4, -0.2) is 24.6 Å². The number of Topliss-reactive ketones (excluding diaryl/α,β-unsaturated/α-hetero) is 1. The maximum Gasteiger partial charge on any atom is 0.333 e. The van der Waals surface area contributed by atoms with Crippen molar-refractivity contribution >= 4 is 17.5 Å². The Labute approximate surface area is 211 Å². The van der Waals surface area contributed by atoms with Crippen LogP contribution in [-0.2, 0) is 19.1 Å². The second-order valence-corrected chi connectivity index (χ2v) is 13.0. The summed E-state index contributed by atoms with van der Waals surface area (Å²) >= 11 is 0. The van der Waals surface area contributed by atoms with Gasteiger partial charge in [0.2, 0.25) is 0 Å². The first-order valence-corrected chi connectivity index (χ1v) is 13.5. The van der Waals surface area contributed by atoms with Crippen LogP contribution in [0.3, 0.4) is 0 Å². The van der Waals surface area contributed by atoms with Crippen molar-refractivity contribution in [2.45, 2.75) is 92.9 Å². The zero-order valence-corrected chi connectivity index (χ0v) is 22.9. The van der Waals surface area contributed by atoms with E-state index in [0.717, 1.165) is 38.5 Å². The lowest BCUT2D eigenvalue weighted by Gasteiger charge is -2.57. The van der Waals surface area contributed by atoms with Gasteiger partial charge < -0.3 is 4.74 Å². The van der Waals surface area contributed by atoms with E-state index in [4.69, 9.17) is 4.74 Å². The molecule has 0 bridgehead atoms. The summed E-state index contributed by atoms with van der Waals surface area (Å²) in [5.41, 5.74) is 2.98. The van der Waals surface area contributed by atoms with E-state index >= 15 is 0 Å². The van der Waals surface area contributed by atoms with E-state index in [2.05, 4.69) is 47.3 Å². The standard InChI is InChI=1S/C31H44O4/c1-19(27(34)35-8)17-22(32)18-21(3)30(7)15-11-20(2)31(30)16-12-23-24(31)9-10-25-28(4,5)26(33)13-14-29(23,25)6/h9,17,21,23,25H,2,10-16,18H2,1,3-8H3/b19-17+/t21-,23-,25+,29-,30+,31+/m1/s1. The van der Waals surface area contributed by atoms with Crippen LogP contribution < -0.4 is 0 Å². The van der Waals surface area contributed by atoms with E-state index in [-0.39, 0.29) is 33.4 Å². The van der Waals surface area contributed by atoms with Gasteiger partial charge in [-0.3, -0.25) is 9.59 Å². The number of hydrogen-bond donors (Lipinski definition) is 0. The molecule has 0 aromatic rings. The molecule has 4 rings (SSSR count). The van der Waals surface area contributed by atoms with Crippen molar-refractivity contribution in [2.75, 3.05) is 7.11 Å². The summed E-state index contributed by atoms with van der Waals surface area (Å²) in [5.74, 6) is 0.970. The van der Waals surface area contributed by atoms with Gasteiger partial charge in [-0.25, -0.2) is 4.79 Å². The molecule has 6 atom stereocenters. The smallest absolute Gasteiger partial charge is 0.333 e. The molecular weight excluding hydrogens is 436 g/mol. The Kier molecular flexibility index (Phi) is 6.38. The van der Waals surface area contributed by atoms with Gasteiger partial charge >= 0.3 is 5.97 Å². The molecule has 0 aliphatic heterocycles. The molecule has 4 heteroatoms. The predicted molar refractivity (Wildman–Crippen MR) is 139 cm³/mol. The van der Waals surface area contributed by atoms with Gasteiger partial charge in [-0.1, -0.05) is 58.4 Å². The van der Waals surface area contributed by atoms with Gasteiger partial charge in [-0.15, -0.1) is 0 Å². The fourth-order valence-corrected chi connectivity index (χ4v) is 9.04. The number of esters is 1. The Hall–Kier alpha value is -1.97. The van der Waals surface area contributed by atoms with Crippen molar-refractivity contribution in [1.82, 2.24) is 0 Å². The van der Waals surface area contributed by atoms with Crippen LogP contribution in [0.2, 0.25) is 0 Å². The molecule has 0 amide bonds. The molecule has 0 radical (unpaired) electrons. The number of methoxy groups -OCH3 is 1. The molecule has 0 aromatic heterocycles. The number of rotatable bonds is 5. The van der Waals surface area contributed by atoms with Crippen LogP contribution in [0.25, 0.3) is 0 Å². The maximum atomic E-state index is 12.9. The summed E-state index contributed by atoms with van der Waals surface area (Å²) in [5, 5.41) is 0. The maximum absolute atomic E-state index is 12.9. The summed E-state index contributed by atoms with van der Waals surface area (Å²) < 4.78 is 4.76. The van der Waals surface area contributed by atoms with Crippen molar-refractivity contribution in [3.05, 3.63) is 35.5 Å². The second kappa shape index (κ2) is 8.56. The highest BCUT2D eigenvalue weighted by atomic mass is 16.5. The van der Waals surface area contributed by atoms with Crippen LogP contribution in [0.15, 0.2) is 35.5 Å². The minimum atomic E-state index is -0.453. The summed E-state index contributed by atoms with van der Waals surface area (Å²) in [6.07, 6.45) is 11.2. The van der Waals surface area contributed by atoms with Gasteiger partial charge in [0.15, 0.2) is 5.78 Å². The van der Waals surface area contributed by atoms with E-state index in [1.807, 2.05) is 0 Å². The number of ether oxygens (including phenoxy) is 1. The Morgan fingerprint density at radius 3 is 2.51 bits per heavy atom. The van der Waals surface area contributed by atoms with Crippen molar-refractivity contribution in [2.24, 2.45) is 39.4 Å². The lowest BCUT2D eigenvalue weighted by molar-refractivity contribution is -0.142. The average Bonchev–Trinajstić information content (AvgIpc) is 3.32. The van der Waals surface area contributed by atoms with E-state index < -0.39 is 5.97 Å². The lowest BCUT2D eigenvalue weighted by atomic mass is 9.46. The van der Waals surface area contributed by atoms with E-state index in [1.165, 1.54) is 18.8 Å². The molecule has 1 spiro atoms. The van der Waals surface area contributed by atoms with Crippen molar-refractivity contribution < 1.29 is 19.1 Å². The predicted octanol–water partition coefficient (Wildman–Crippen LogP) is 6.80. The lowest BCUT2D eigenvalue weighted by Crippen LogP contribution is -2.53. The number of carbonyl (C=O) groups is 3. The van der Waals surface area contributed by atoms with Crippen LogP contribution in [0, 0.1) is 39.4 Å². The third-order valence-electron chi connectivity index (χ3n) is 11.3. The van der Waals surface area contributed by atoms with Gasteiger partial charge in [0.1, 0.15) is 5.78 Å². The van der Waals surface area contributed by atoms with Gasteiger partial charge in [-0.05, 0) is 80.1 Å². The molecule has 0 unspecified atom stereocenters. The number of carbonyl (C=O) groups excluding carboxylic acids is 3. The quantitative estimate of drug-likeness (QED) is 0.247. The van der Waals surface area contributed by atoms with E-state index in [0.29, 0.717) is 36.0 Å². The molecule has 0 aromatic carbocycles. The molecule has 3 fully saturated rings. The van der Waals surface area contributed by atoms with Crippen molar-refractivity contribution in [1.29, 1.82) is 0 Å². The fourth-order valence-electron chi connectivity index (χ4n) is 9.04. The highest BCUT2D eigenvalue weighted by molar-refractivity contribution is 5.99. The third kappa shape index (κ3) is 3.56. The molecule has 4 aliphatic carbocycles. The van der Waals surface area contributed by atoms with E-state index in [1.54, 1.807) is 12.5 Å². The molecule has 35 heavy (non-hydrogen) atoms. The Morgan fingerprint density at radius 2 is 1.86 bits per heavy atom. The Balaban J connectivity index is 1.68. The van der Waals surface area contributed by atoms with Gasteiger partial charge in [0, 0.05) is 29.2 Å². The highest BCUT2D eigenvalue weighted by Gasteiger charge is 2.66. The molecule has 0 saturated heterocycles. The molecule has 3 saturated carbocycles. The summed E-state index contributed by atoms with van der Waals surface area (Å²) in [7, 11) is 1.34. The minimum absolute atomic E-state index is 0.0129. The number of hydrogen-bond acceptors (Lipinski definition) is 4. The Bertz CT molecular complexity index is 1030. The normalized spacial score (nSPS) is 39.2. The minimum Gasteiger partial charge on any atom is -0.466 e.